The summed E-state index contributed by atoms with van der Waals surface area (Å²) in [4.78, 5) is 28.6. The van der Waals surface area contributed by atoms with Gasteiger partial charge in [-0.15, -0.1) is 6.58 Å². The van der Waals surface area contributed by atoms with E-state index in [0.717, 1.165) is 5.56 Å². The number of carbonyl (C=O) groups is 2. The minimum Gasteiger partial charge on any atom is -0.496 e. The lowest BCUT2D eigenvalue weighted by molar-refractivity contribution is 0.0152. The molecule has 0 bridgehead atoms. The fraction of sp³-hybridized carbons (Fsp3) is 0.312. The first-order valence-corrected chi connectivity index (χ1v) is 15.1. The molecule has 3 rings (SSSR count). The molecule has 0 atom stereocenters. The maximum atomic E-state index is 15.0. The Labute approximate surface area is 251 Å². The van der Waals surface area contributed by atoms with Crippen molar-refractivity contribution in [3.05, 3.63) is 90.0 Å². The average molecular weight is 613 g/mol. The molecule has 3 aromatic rings. The van der Waals surface area contributed by atoms with Gasteiger partial charge in [0.25, 0.3) is 0 Å². The highest BCUT2D eigenvalue weighted by Crippen LogP contribution is 2.55. The second kappa shape index (κ2) is 16.6. The van der Waals surface area contributed by atoms with Gasteiger partial charge in [0.05, 0.1) is 68.1 Å². The Morgan fingerprint density at radius 2 is 1.07 bits per heavy atom. The second-order valence-electron chi connectivity index (χ2n) is 8.99. The molecular formula is C32H37O10P. The van der Waals surface area contributed by atoms with Crippen LogP contribution in [0.15, 0.2) is 73.3 Å². The molecule has 0 fully saturated rings. The Morgan fingerprint density at radius 1 is 0.651 bits per heavy atom. The number of hydrogen-bond donors (Lipinski definition) is 0. The van der Waals surface area contributed by atoms with E-state index in [1.165, 1.54) is 64.8 Å². The molecule has 0 aliphatic rings. The SMILES string of the molecule is C=CCOCCOCCOCc1ccc(P(=O)(C(=O)c2c(OC)cccc2OC)C(=O)c2c(OC)cccc2OC)cc1. The lowest BCUT2D eigenvalue weighted by Gasteiger charge is -2.21. The van der Waals surface area contributed by atoms with Crippen molar-refractivity contribution < 1.29 is 47.3 Å². The summed E-state index contributed by atoms with van der Waals surface area (Å²) in [5, 5.41) is 0.0232. The van der Waals surface area contributed by atoms with Crippen molar-refractivity contribution in [3.8, 4) is 23.0 Å². The van der Waals surface area contributed by atoms with Gasteiger partial charge in [-0.05, 0) is 29.8 Å². The molecule has 0 radical (unpaired) electrons. The highest BCUT2D eigenvalue weighted by Gasteiger charge is 2.47. The number of benzene rings is 3. The molecule has 0 aliphatic heterocycles. The van der Waals surface area contributed by atoms with E-state index in [9.17, 15) is 9.59 Å². The van der Waals surface area contributed by atoms with Gasteiger partial charge in [0.1, 0.15) is 34.1 Å². The molecule has 0 unspecified atom stereocenters. The van der Waals surface area contributed by atoms with Crippen molar-refractivity contribution in [2.45, 2.75) is 6.61 Å². The van der Waals surface area contributed by atoms with Crippen LogP contribution in [0.5, 0.6) is 23.0 Å². The summed E-state index contributed by atoms with van der Waals surface area (Å²) in [6.07, 6.45) is 1.67. The average Bonchev–Trinajstić information content (AvgIpc) is 3.05. The van der Waals surface area contributed by atoms with Crippen molar-refractivity contribution in [1.29, 1.82) is 0 Å². The van der Waals surface area contributed by atoms with E-state index in [2.05, 4.69) is 6.58 Å². The molecule has 3 aromatic carbocycles. The normalized spacial score (nSPS) is 11.1. The van der Waals surface area contributed by atoms with E-state index >= 15 is 4.57 Å². The number of ether oxygens (including phenoxy) is 7. The summed E-state index contributed by atoms with van der Waals surface area (Å²) in [6, 6.07) is 15.7. The molecule has 10 nitrogen and oxygen atoms in total. The molecule has 230 valence electrons. The lowest BCUT2D eigenvalue weighted by atomic mass is 10.2. The summed E-state index contributed by atoms with van der Waals surface area (Å²) in [7, 11) is 0.885. The minimum absolute atomic E-state index is 0.0232. The number of carbonyl (C=O) groups excluding carboxylic acids is 2. The first-order chi connectivity index (χ1) is 20.9. The topological polar surface area (TPSA) is 116 Å². The summed E-state index contributed by atoms with van der Waals surface area (Å²) in [5.74, 6) is 0.459. The van der Waals surface area contributed by atoms with E-state index in [0.29, 0.717) is 33.0 Å². The van der Waals surface area contributed by atoms with Gasteiger partial charge in [-0.2, -0.15) is 0 Å². The third kappa shape index (κ3) is 7.91. The highest BCUT2D eigenvalue weighted by atomic mass is 31.2. The Kier molecular flexibility index (Phi) is 13.0. The fourth-order valence-corrected chi connectivity index (χ4v) is 6.56. The molecule has 0 heterocycles. The van der Waals surface area contributed by atoms with Crippen molar-refractivity contribution in [2.24, 2.45) is 0 Å². The third-order valence-corrected chi connectivity index (χ3v) is 9.02. The molecule has 0 saturated heterocycles. The lowest BCUT2D eigenvalue weighted by Crippen LogP contribution is -2.22. The Bertz CT molecular complexity index is 1320. The third-order valence-electron chi connectivity index (χ3n) is 6.40. The minimum atomic E-state index is -4.61. The van der Waals surface area contributed by atoms with Crippen LogP contribution in [-0.2, 0) is 25.4 Å². The van der Waals surface area contributed by atoms with Crippen molar-refractivity contribution in [3.63, 3.8) is 0 Å². The predicted octanol–water partition coefficient (Wildman–Crippen LogP) is 5.13. The van der Waals surface area contributed by atoms with Crippen LogP contribution in [-0.4, -0.2) is 72.5 Å². The Balaban J connectivity index is 1.95. The molecule has 0 spiro atoms. The van der Waals surface area contributed by atoms with Gasteiger partial charge in [0.2, 0.25) is 18.2 Å². The van der Waals surface area contributed by atoms with Gasteiger partial charge >= 0.3 is 0 Å². The van der Waals surface area contributed by atoms with Crippen LogP contribution in [0.2, 0.25) is 0 Å². The van der Waals surface area contributed by atoms with Gasteiger partial charge in [0.15, 0.2) is 0 Å². The summed E-state index contributed by atoms with van der Waals surface area (Å²) >= 11 is 0. The molecule has 11 heteroatoms. The van der Waals surface area contributed by atoms with Crippen molar-refractivity contribution in [2.75, 3.05) is 61.5 Å². The predicted molar refractivity (Wildman–Crippen MR) is 163 cm³/mol. The second-order valence-corrected chi connectivity index (χ2v) is 11.5. The van der Waals surface area contributed by atoms with Crippen LogP contribution < -0.4 is 24.3 Å². The molecule has 0 amide bonds. The monoisotopic (exact) mass is 612 g/mol. The van der Waals surface area contributed by atoms with Crippen LogP contribution in [0.1, 0.15) is 26.3 Å². The van der Waals surface area contributed by atoms with Crippen LogP contribution in [0.4, 0.5) is 0 Å². The number of methoxy groups -OCH3 is 4. The number of rotatable bonds is 19. The molecular weight excluding hydrogens is 575 g/mol. The van der Waals surface area contributed by atoms with Gasteiger partial charge < -0.3 is 37.7 Å². The van der Waals surface area contributed by atoms with Crippen LogP contribution in [0.3, 0.4) is 0 Å². The van der Waals surface area contributed by atoms with Crippen LogP contribution in [0, 0.1) is 0 Å². The first kappa shape index (κ1) is 33.6. The van der Waals surface area contributed by atoms with Gasteiger partial charge in [-0.25, -0.2) is 0 Å². The highest BCUT2D eigenvalue weighted by molar-refractivity contribution is 8.01. The molecule has 0 aliphatic carbocycles. The van der Waals surface area contributed by atoms with E-state index < -0.39 is 18.2 Å². The zero-order chi connectivity index (χ0) is 31.2. The largest absolute Gasteiger partial charge is 0.496 e. The van der Waals surface area contributed by atoms with E-state index in [1.54, 1.807) is 30.3 Å². The summed E-state index contributed by atoms with van der Waals surface area (Å²) < 4.78 is 53.1. The molecule has 0 N–H and O–H groups in total. The zero-order valence-corrected chi connectivity index (χ0v) is 25.7. The smallest absolute Gasteiger partial charge is 0.249 e. The quantitative estimate of drug-likeness (QED) is 0.103. The van der Waals surface area contributed by atoms with E-state index in [4.69, 9.17) is 33.2 Å². The molecule has 0 saturated carbocycles. The van der Waals surface area contributed by atoms with Crippen LogP contribution >= 0.6 is 7.14 Å². The molecule has 0 aromatic heterocycles. The zero-order valence-electron chi connectivity index (χ0n) is 24.8. The van der Waals surface area contributed by atoms with E-state index in [1.807, 2.05) is 0 Å². The maximum absolute atomic E-state index is 15.0. The first-order valence-electron chi connectivity index (χ1n) is 13.4. The van der Waals surface area contributed by atoms with Gasteiger partial charge in [-0.3, -0.25) is 9.59 Å². The maximum Gasteiger partial charge on any atom is 0.249 e. The number of hydrogen-bond acceptors (Lipinski definition) is 10. The molecule has 43 heavy (non-hydrogen) atoms. The fourth-order valence-electron chi connectivity index (χ4n) is 4.26. The summed E-state index contributed by atoms with van der Waals surface area (Å²) in [6.45, 7) is 5.93. The van der Waals surface area contributed by atoms with Crippen molar-refractivity contribution in [1.82, 2.24) is 0 Å². The van der Waals surface area contributed by atoms with Crippen molar-refractivity contribution >= 4 is 23.5 Å². The Morgan fingerprint density at radius 3 is 1.49 bits per heavy atom. The van der Waals surface area contributed by atoms with Crippen LogP contribution in [0.25, 0.3) is 0 Å². The van der Waals surface area contributed by atoms with Gasteiger partial charge in [-0.1, -0.05) is 42.5 Å². The van der Waals surface area contributed by atoms with Gasteiger partial charge in [0, 0.05) is 5.30 Å². The van der Waals surface area contributed by atoms with E-state index in [-0.39, 0.29) is 46.0 Å². The Hall–Kier alpha value is -3.95. The summed E-state index contributed by atoms with van der Waals surface area (Å²) in [5.41, 5.74) is -1.37. The standard InChI is InChI=1S/C32H37O10P/c1-6-17-40-18-19-41-20-21-42-22-23-13-15-24(16-14-23)43(35,31(33)29-25(36-2)9-7-10-26(29)37-3)32(34)30-27(38-4)11-8-12-28(30)39-5/h6-16H,1,17-22H2,2-5H3.